The van der Waals surface area contributed by atoms with Gasteiger partial charge in [-0.3, -0.25) is 0 Å². The van der Waals surface area contributed by atoms with E-state index in [2.05, 4.69) is 4.98 Å². The third-order valence-electron chi connectivity index (χ3n) is 1.38. The van der Waals surface area contributed by atoms with Crippen molar-refractivity contribution in [2.45, 2.75) is 6.43 Å². The Morgan fingerprint density at radius 3 is 2.69 bits per heavy atom. The summed E-state index contributed by atoms with van der Waals surface area (Å²) < 4.78 is 29.4. The highest BCUT2D eigenvalue weighted by Crippen LogP contribution is 2.31. The average molecular weight is 301 g/mol. The molecule has 1 rings (SSSR count). The molecule has 6 heteroatoms. The minimum absolute atomic E-state index is 0.280. The summed E-state index contributed by atoms with van der Waals surface area (Å²) in [6, 6.07) is 1.12. The van der Waals surface area contributed by atoms with Gasteiger partial charge in [-0.05, 0) is 22.6 Å². The molecule has 3 nitrogen and oxygen atoms in total. The van der Waals surface area contributed by atoms with Crippen LogP contribution in [0.5, 0.6) is 11.5 Å². The number of aromatic nitrogens is 1. The Labute approximate surface area is 86.9 Å². The number of hydrogen-bond donors (Lipinski definition) is 1. The van der Waals surface area contributed by atoms with Crippen molar-refractivity contribution in [3.8, 4) is 11.5 Å². The number of halogens is 3. The number of methoxy groups -OCH3 is 1. The molecule has 0 radical (unpaired) electrons. The van der Waals surface area contributed by atoms with Crippen molar-refractivity contribution in [1.82, 2.24) is 4.98 Å². The summed E-state index contributed by atoms with van der Waals surface area (Å²) in [7, 11) is 1.38. The van der Waals surface area contributed by atoms with Crippen LogP contribution in [0.3, 0.4) is 0 Å². The third kappa shape index (κ3) is 2.17. The highest BCUT2D eigenvalue weighted by atomic mass is 127. The molecule has 0 fully saturated rings. The first-order valence-corrected chi connectivity index (χ1v) is 4.35. The van der Waals surface area contributed by atoms with Crippen LogP contribution in [0.1, 0.15) is 12.1 Å². The predicted molar refractivity (Wildman–Crippen MR) is 50.1 cm³/mol. The maximum Gasteiger partial charge on any atom is 0.284 e. The van der Waals surface area contributed by atoms with Crippen LogP contribution in [-0.2, 0) is 0 Å². The zero-order chi connectivity index (χ0) is 10.0. The van der Waals surface area contributed by atoms with E-state index in [1.54, 1.807) is 22.6 Å². The summed E-state index contributed by atoms with van der Waals surface area (Å²) in [5, 5.41) is 9.09. The van der Waals surface area contributed by atoms with Gasteiger partial charge in [-0.25, -0.2) is 13.8 Å². The quantitative estimate of drug-likeness (QED) is 0.673. The second-order valence-corrected chi connectivity index (χ2v) is 3.21. The van der Waals surface area contributed by atoms with Gasteiger partial charge in [-0.1, -0.05) is 0 Å². The molecule has 1 heterocycles. The van der Waals surface area contributed by atoms with Gasteiger partial charge < -0.3 is 9.84 Å². The molecule has 0 spiro atoms. The van der Waals surface area contributed by atoms with Gasteiger partial charge >= 0.3 is 0 Å². The maximum absolute atomic E-state index is 12.2. The van der Waals surface area contributed by atoms with Crippen molar-refractivity contribution in [1.29, 1.82) is 0 Å². The SMILES string of the molecule is COc1cc(O)c(C(F)F)nc1I. The molecule has 0 amide bonds. The normalized spacial score (nSPS) is 10.5. The lowest BCUT2D eigenvalue weighted by molar-refractivity contribution is 0.141. The first kappa shape index (κ1) is 10.4. The topological polar surface area (TPSA) is 42.4 Å². The highest BCUT2D eigenvalue weighted by molar-refractivity contribution is 14.1. The molecular formula is C7H6F2INO2. The van der Waals surface area contributed by atoms with Crippen LogP contribution >= 0.6 is 22.6 Å². The molecule has 13 heavy (non-hydrogen) atoms. The summed E-state index contributed by atoms with van der Waals surface area (Å²) >= 11 is 1.76. The minimum Gasteiger partial charge on any atom is -0.506 e. The predicted octanol–water partition coefficient (Wildman–Crippen LogP) is 2.34. The Balaban J connectivity index is 3.20. The van der Waals surface area contributed by atoms with Gasteiger partial charge in [0.25, 0.3) is 6.43 Å². The second-order valence-electron chi connectivity index (χ2n) is 2.19. The Kier molecular flexibility index (Phi) is 3.23. The molecule has 1 N–H and O–H groups in total. The van der Waals surface area contributed by atoms with Crippen LogP contribution in [0.25, 0.3) is 0 Å². The van der Waals surface area contributed by atoms with Gasteiger partial charge in [-0.15, -0.1) is 0 Å². The lowest BCUT2D eigenvalue weighted by Gasteiger charge is -2.06. The molecule has 0 aromatic carbocycles. The Hall–Kier alpha value is -0.660. The maximum atomic E-state index is 12.2. The standard InChI is InChI=1S/C7H6F2INO2/c1-13-4-2-3(12)5(6(8)9)11-7(4)10/h2,6,12H,1H3. The van der Waals surface area contributed by atoms with E-state index in [0.717, 1.165) is 6.07 Å². The molecule has 0 unspecified atom stereocenters. The summed E-state index contributed by atoms with van der Waals surface area (Å²) in [5.74, 6) is -0.269. The number of rotatable bonds is 2. The zero-order valence-electron chi connectivity index (χ0n) is 6.59. The van der Waals surface area contributed by atoms with Crippen LogP contribution in [0.2, 0.25) is 0 Å². The third-order valence-corrected chi connectivity index (χ3v) is 2.15. The van der Waals surface area contributed by atoms with Crippen molar-refractivity contribution in [2.75, 3.05) is 7.11 Å². The fourth-order valence-corrected chi connectivity index (χ4v) is 1.42. The fraction of sp³-hybridized carbons (Fsp3) is 0.286. The second kappa shape index (κ2) is 4.03. The number of ether oxygens (including phenoxy) is 1. The van der Waals surface area contributed by atoms with E-state index in [0.29, 0.717) is 3.70 Å². The van der Waals surface area contributed by atoms with Crippen LogP contribution in [0.4, 0.5) is 8.78 Å². The van der Waals surface area contributed by atoms with Crippen molar-refractivity contribution in [3.63, 3.8) is 0 Å². The molecule has 0 aliphatic carbocycles. The van der Waals surface area contributed by atoms with Crippen LogP contribution in [-0.4, -0.2) is 17.2 Å². The van der Waals surface area contributed by atoms with Crippen molar-refractivity contribution in [3.05, 3.63) is 15.5 Å². The van der Waals surface area contributed by atoms with Gasteiger partial charge in [0.2, 0.25) is 0 Å². The van der Waals surface area contributed by atoms with Gasteiger partial charge in [0.1, 0.15) is 15.1 Å². The van der Waals surface area contributed by atoms with Crippen LogP contribution in [0.15, 0.2) is 6.07 Å². The lowest BCUT2D eigenvalue weighted by atomic mass is 10.3. The molecule has 0 aliphatic heterocycles. The molecule has 0 aliphatic rings. The summed E-state index contributed by atoms with van der Waals surface area (Å²) in [4.78, 5) is 3.50. The molecule has 1 aromatic heterocycles. The summed E-state index contributed by atoms with van der Waals surface area (Å²) in [6.07, 6.45) is -2.78. The number of pyridine rings is 1. The minimum atomic E-state index is -2.78. The number of alkyl halides is 2. The Morgan fingerprint density at radius 2 is 2.23 bits per heavy atom. The van der Waals surface area contributed by atoms with E-state index in [-0.39, 0.29) is 5.75 Å². The van der Waals surface area contributed by atoms with Crippen molar-refractivity contribution >= 4 is 22.6 Å². The van der Waals surface area contributed by atoms with E-state index in [4.69, 9.17) is 9.84 Å². The molecule has 1 aromatic rings. The first-order chi connectivity index (χ1) is 6.06. The number of aromatic hydroxyl groups is 1. The molecule has 0 saturated heterocycles. The van der Waals surface area contributed by atoms with Gasteiger partial charge in [-0.2, -0.15) is 0 Å². The monoisotopic (exact) mass is 301 g/mol. The molecule has 0 bridgehead atoms. The lowest BCUT2D eigenvalue weighted by Crippen LogP contribution is -1.96. The van der Waals surface area contributed by atoms with E-state index in [9.17, 15) is 8.78 Å². The summed E-state index contributed by atoms with van der Waals surface area (Å²) in [6.45, 7) is 0. The van der Waals surface area contributed by atoms with E-state index < -0.39 is 17.9 Å². The largest absolute Gasteiger partial charge is 0.506 e. The van der Waals surface area contributed by atoms with Gasteiger partial charge in [0.05, 0.1) is 7.11 Å². The molecular weight excluding hydrogens is 295 g/mol. The van der Waals surface area contributed by atoms with Gasteiger partial charge in [0.15, 0.2) is 5.75 Å². The highest BCUT2D eigenvalue weighted by Gasteiger charge is 2.17. The Bertz CT molecular complexity index is 320. The Morgan fingerprint density at radius 1 is 1.62 bits per heavy atom. The molecule has 0 saturated carbocycles. The fourth-order valence-electron chi connectivity index (χ4n) is 0.780. The molecule has 0 atom stereocenters. The van der Waals surface area contributed by atoms with Crippen LogP contribution < -0.4 is 4.74 Å². The number of nitrogens with zero attached hydrogens (tertiary/aromatic N) is 1. The number of hydrogen-bond acceptors (Lipinski definition) is 3. The van der Waals surface area contributed by atoms with E-state index in [1.165, 1.54) is 7.11 Å². The van der Waals surface area contributed by atoms with Crippen molar-refractivity contribution in [2.24, 2.45) is 0 Å². The van der Waals surface area contributed by atoms with Crippen LogP contribution in [0, 0.1) is 3.70 Å². The summed E-state index contributed by atoms with van der Waals surface area (Å²) in [5.41, 5.74) is -0.620. The molecule has 72 valence electrons. The first-order valence-electron chi connectivity index (χ1n) is 3.27. The van der Waals surface area contributed by atoms with Crippen molar-refractivity contribution < 1.29 is 18.6 Å². The average Bonchev–Trinajstić information content (AvgIpc) is 2.07. The van der Waals surface area contributed by atoms with E-state index >= 15 is 0 Å². The zero-order valence-corrected chi connectivity index (χ0v) is 8.75. The van der Waals surface area contributed by atoms with Gasteiger partial charge in [0, 0.05) is 6.07 Å². The smallest absolute Gasteiger partial charge is 0.284 e. The van der Waals surface area contributed by atoms with E-state index in [1.807, 2.05) is 0 Å².